The molecule has 1 aliphatic carbocycles. The second kappa shape index (κ2) is 10.3. The lowest BCUT2D eigenvalue weighted by molar-refractivity contribution is -0.142. The zero-order valence-electron chi connectivity index (χ0n) is 22.3. The molecule has 1 saturated carbocycles. The summed E-state index contributed by atoms with van der Waals surface area (Å²) in [6.07, 6.45) is 9.23. The maximum atomic E-state index is 14.1. The van der Waals surface area contributed by atoms with Crippen molar-refractivity contribution in [3.8, 4) is 0 Å². The molecule has 0 radical (unpaired) electrons. The smallest absolute Gasteiger partial charge is 0.246 e. The van der Waals surface area contributed by atoms with Crippen LogP contribution in [0.15, 0.2) is 54.9 Å². The molecule has 3 amide bonds. The van der Waals surface area contributed by atoms with Crippen LogP contribution in [-0.2, 0) is 25.7 Å². The molecule has 40 heavy (non-hydrogen) atoms. The number of halogens is 2. The van der Waals surface area contributed by atoms with Crippen LogP contribution < -0.4 is 10.6 Å². The molecule has 4 heterocycles. The Morgan fingerprint density at radius 1 is 1.23 bits per heavy atom. The molecule has 4 aliphatic rings. The van der Waals surface area contributed by atoms with E-state index in [1.165, 1.54) is 23.1 Å². The van der Waals surface area contributed by atoms with Gasteiger partial charge < -0.3 is 20.3 Å². The van der Waals surface area contributed by atoms with Gasteiger partial charge in [0.25, 0.3) is 0 Å². The molecule has 1 aromatic carbocycles. The molecule has 2 saturated heterocycles. The van der Waals surface area contributed by atoms with Crippen LogP contribution in [0.1, 0.15) is 38.7 Å². The minimum atomic E-state index is -1.28. The molecule has 6 rings (SSSR count). The van der Waals surface area contributed by atoms with Crippen LogP contribution in [-0.4, -0.2) is 51.4 Å². The first-order valence-corrected chi connectivity index (χ1v) is 14.2. The molecule has 2 bridgehead atoms. The van der Waals surface area contributed by atoms with Crippen molar-refractivity contribution in [1.29, 1.82) is 0 Å². The summed E-state index contributed by atoms with van der Waals surface area (Å²) >= 11 is 5.91. The Hall–Kier alpha value is -3.30. The number of rotatable bonds is 6. The van der Waals surface area contributed by atoms with E-state index in [2.05, 4.69) is 29.5 Å². The molecule has 3 aliphatic heterocycles. The Kier molecular flexibility index (Phi) is 6.91. The first-order chi connectivity index (χ1) is 19.2. The largest absolute Gasteiger partial charge is 0.359 e. The van der Waals surface area contributed by atoms with E-state index in [0.29, 0.717) is 17.5 Å². The number of carbonyl (C=O) groups excluding carboxylic acids is 3. The van der Waals surface area contributed by atoms with E-state index >= 15 is 0 Å². The van der Waals surface area contributed by atoms with Crippen molar-refractivity contribution < 1.29 is 23.5 Å². The Bertz CT molecular complexity index is 1370. The third-order valence-electron chi connectivity index (χ3n) is 9.22. The number of ether oxygens (including phenoxy) is 1. The highest BCUT2D eigenvalue weighted by Gasteiger charge is 2.72. The molecule has 1 aromatic heterocycles. The Morgan fingerprint density at radius 2 is 2.05 bits per heavy atom. The zero-order valence-corrected chi connectivity index (χ0v) is 23.1. The van der Waals surface area contributed by atoms with Gasteiger partial charge in [-0.3, -0.25) is 19.4 Å². The van der Waals surface area contributed by atoms with Gasteiger partial charge in [0.05, 0.1) is 23.0 Å². The summed E-state index contributed by atoms with van der Waals surface area (Å²) in [6, 6.07) is 6.57. The number of carbonyl (C=O) groups is 3. The quantitative estimate of drug-likeness (QED) is 0.513. The van der Waals surface area contributed by atoms with Crippen molar-refractivity contribution in [2.24, 2.45) is 23.7 Å². The van der Waals surface area contributed by atoms with Crippen LogP contribution in [0.5, 0.6) is 0 Å². The van der Waals surface area contributed by atoms with E-state index in [0.717, 1.165) is 24.8 Å². The topological polar surface area (TPSA) is 101 Å². The van der Waals surface area contributed by atoms with Gasteiger partial charge in [-0.1, -0.05) is 56.5 Å². The molecular weight excluding hydrogens is 535 g/mol. The van der Waals surface area contributed by atoms with Gasteiger partial charge in [-0.05, 0) is 48.1 Å². The van der Waals surface area contributed by atoms with E-state index in [1.54, 1.807) is 30.6 Å². The number of hydrogen-bond acceptors (Lipinski definition) is 5. The average Bonchev–Trinajstić information content (AvgIpc) is 3.57. The Balaban J connectivity index is 1.32. The van der Waals surface area contributed by atoms with Crippen LogP contribution in [0.2, 0.25) is 5.02 Å². The fraction of sp³-hybridized carbons (Fsp3) is 0.467. The summed E-state index contributed by atoms with van der Waals surface area (Å²) in [5.74, 6) is -2.63. The van der Waals surface area contributed by atoms with Crippen molar-refractivity contribution in [2.45, 2.75) is 63.4 Å². The lowest BCUT2D eigenvalue weighted by atomic mass is 9.73. The standard InChI is InChI=1S/C30H32ClFN4O4/c1-16-5-3-7-22(17(16)2)35-28(38)26-30-11-10-23(40-30)24(27(37)34-19-8-9-21(32)20(31)13-19)25(30)29(39)36(26)15-18-6-4-12-33-14-18/h4,6,8-14,16-17,22-26H,3,5,7,15H2,1-2H3,(H,34,37)(H,35,38)/t16-,17+,22+,23-,24-,25-,26+,30+/m1/s1. The molecule has 3 fully saturated rings. The van der Waals surface area contributed by atoms with Gasteiger partial charge in [-0.15, -0.1) is 0 Å². The number of amides is 3. The van der Waals surface area contributed by atoms with E-state index in [-0.39, 0.29) is 29.4 Å². The fourth-order valence-electron chi connectivity index (χ4n) is 6.97. The highest BCUT2D eigenvalue weighted by molar-refractivity contribution is 6.31. The number of pyridine rings is 1. The van der Waals surface area contributed by atoms with E-state index in [1.807, 2.05) is 6.07 Å². The number of fused-ring (bicyclic) bond motifs is 1. The molecule has 10 heteroatoms. The minimum Gasteiger partial charge on any atom is -0.359 e. The van der Waals surface area contributed by atoms with Crippen LogP contribution in [0.25, 0.3) is 0 Å². The maximum Gasteiger partial charge on any atom is 0.246 e. The normalized spacial score (nSPS) is 34.1. The van der Waals surface area contributed by atoms with Crippen LogP contribution in [0.4, 0.5) is 10.1 Å². The Morgan fingerprint density at radius 3 is 2.80 bits per heavy atom. The average molecular weight is 567 g/mol. The molecule has 0 unspecified atom stereocenters. The monoisotopic (exact) mass is 566 g/mol. The zero-order chi connectivity index (χ0) is 28.2. The SMILES string of the molecule is C[C@H]1[C@H](C)CCC[C@@H]1NC(=O)[C@@H]1N(Cc2cccnc2)C(=O)[C@H]2[C@H](C(=O)Nc3ccc(F)c(Cl)c3)[C@H]3C=C[C@@]12O3. The molecule has 2 N–H and O–H groups in total. The van der Waals surface area contributed by atoms with Crippen molar-refractivity contribution in [3.05, 3.63) is 71.3 Å². The summed E-state index contributed by atoms with van der Waals surface area (Å²) in [5, 5.41) is 5.89. The summed E-state index contributed by atoms with van der Waals surface area (Å²) in [7, 11) is 0. The highest BCUT2D eigenvalue weighted by Crippen LogP contribution is 2.55. The van der Waals surface area contributed by atoms with Crippen LogP contribution in [0.3, 0.4) is 0 Å². The van der Waals surface area contributed by atoms with E-state index in [9.17, 15) is 18.8 Å². The lowest BCUT2D eigenvalue weighted by Gasteiger charge is -2.38. The summed E-state index contributed by atoms with van der Waals surface area (Å²) < 4.78 is 20.1. The van der Waals surface area contributed by atoms with Crippen molar-refractivity contribution in [3.63, 3.8) is 0 Å². The van der Waals surface area contributed by atoms with E-state index in [4.69, 9.17) is 16.3 Å². The van der Waals surface area contributed by atoms with E-state index < -0.39 is 41.3 Å². The number of nitrogens with one attached hydrogen (secondary N) is 2. The van der Waals surface area contributed by atoms with Gasteiger partial charge in [-0.2, -0.15) is 0 Å². The third kappa shape index (κ3) is 4.39. The third-order valence-corrected chi connectivity index (χ3v) is 9.51. The number of nitrogens with zero attached hydrogens (tertiary/aromatic N) is 2. The molecular formula is C30H32ClFN4O4. The second-order valence-electron chi connectivity index (χ2n) is 11.5. The highest BCUT2D eigenvalue weighted by atomic mass is 35.5. The van der Waals surface area contributed by atoms with Gasteiger partial charge in [0.2, 0.25) is 17.7 Å². The predicted octanol–water partition coefficient (Wildman–Crippen LogP) is 4.10. The van der Waals surface area contributed by atoms with Crippen LogP contribution >= 0.6 is 11.6 Å². The molecule has 2 aromatic rings. The molecule has 8 atom stereocenters. The first kappa shape index (κ1) is 26.9. The number of anilines is 1. The molecule has 210 valence electrons. The van der Waals surface area contributed by atoms with Gasteiger partial charge in [0, 0.05) is 30.7 Å². The lowest BCUT2D eigenvalue weighted by Crippen LogP contribution is -2.57. The minimum absolute atomic E-state index is 0.00746. The van der Waals surface area contributed by atoms with Gasteiger partial charge in [0.15, 0.2) is 0 Å². The van der Waals surface area contributed by atoms with Crippen molar-refractivity contribution >= 4 is 35.0 Å². The Labute approximate surface area is 237 Å². The van der Waals surface area contributed by atoms with Gasteiger partial charge in [0.1, 0.15) is 17.5 Å². The molecule has 8 nitrogen and oxygen atoms in total. The molecule has 1 spiro atoms. The summed E-state index contributed by atoms with van der Waals surface area (Å²) in [5.41, 5.74) is -0.199. The second-order valence-corrected chi connectivity index (χ2v) is 11.9. The van der Waals surface area contributed by atoms with Crippen molar-refractivity contribution in [2.75, 3.05) is 5.32 Å². The first-order valence-electron chi connectivity index (χ1n) is 13.8. The number of aromatic nitrogens is 1. The van der Waals surface area contributed by atoms with Crippen LogP contribution in [0, 0.1) is 29.5 Å². The van der Waals surface area contributed by atoms with Crippen molar-refractivity contribution in [1.82, 2.24) is 15.2 Å². The number of likely N-dealkylation sites (tertiary alicyclic amines) is 1. The predicted molar refractivity (Wildman–Crippen MR) is 146 cm³/mol. The maximum absolute atomic E-state index is 14.1. The number of hydrogen-bond donors (Lipinski definition) is 2. The van der Waals surface area contributed by atoms with Gasteiger partial charge >= 0.3 is 0 Å². The summed E-state index contributed by atoms with van der Waals surface area (Å²) in [6.45, 7) is 4.51. The fourth-order valence-corrected chi connectivity index (χ4v) is 7.15. The van der Waals surface area contributed by atoms with Gasteiger partial charge in [-0.25, -0.2) is 4.39 Å². The number of benzene rings is 1. The summed E-state index contributed by atoms with van der Waals surface area (Å²) in [4.78, 5) is 47.5.